The summed E-state index contributed by atoms with van der Waals surface area (Å²) in [5.41, 5.74) is 0.871. The first-order valence-corrected chi connectivity index (χ1v) is 7.81. The van der Waals surface area contributed by atoms with Crippen LogP contribution in [0.25, 0.3) is 6.08 Å². The van der Waals surface area contributed by atoms with E-state index in [9.17, 15) is 14.9 Å². The molecule has 7 heteroatoms. The molecule has 0 aliphatic carbocycles. The van der Waals surface area contributed by atoms with Gasteiger partial charge in [-0.25, -0.2) is 0 Å². The molecule has 1 aliphatic heterocycles. The van der Waals surface area contributed by atoms with E-state index in [1.54, 1.807) is 35.3 Å². The summed E-state index contributed by atoms with van der Waals surface area (Å²) in [6, 6.07) is 6.23. The summed E-state index contributed by atoms with van der Waals surface area (Å²) in [7, 11) is 0. The van der Waals surface area contributed by atoms with E-state index in [-0.39, 0.29) is 17.6 Å². The van der Waals surface area contributed by atoms with Gasteiger partial charge in [0, 0.05) is 18.2 Å². The molecule has 1 saturated heterocycles. The van der Waals surface area contributed by atoms with Crippen molar-refractivity contribution in [2.45, 2.75) is 19.9 Å². The number of nitro benzene ring substituents is 1. The van der Waals surface area contributed by atoms with Crippen LogP contribution in [0.1, 0.15) is 19.4 Å². The van der Waals surface area contributed by atoms with Crippen LogP contribution in [0.4, 0.5) is 5.69 Å². The van der Waals surface area contributed by atoms with Gasteiger partial charge >= 0.3 is 0 Å². The lowest BCUT2D eigenvalue weighted by Crippen LogP contribution is -2.34. The van der Waals surface area contributed by atoms with Crippen molar-refractivity contribution in [3.05, 3.63) is 57.0 Å². The fourth-order valence-electron chi connectivity index (χ4n) is 1.89. The third kappa shape index (κ3) is 3.61. The molecule has 0 radical (unpaired) electrons. The Morgan fingerprint density at radius 3 is 2.45 bits per heavy atom. The molecular weight excluding hydrogens is 320 g/mol. The van der Waals surface area contributed by atoms with E-state index in [2.05, 4.69) is 0 Å². The van der Waals surface area contributed by atoms with E-state index < -0.39 is 4.92 Å². The largest absolute Gasteiger partial charge is 0.290 e. The SMILES string of the molecule is CC(C)N1C(=O)C(=CC=Cc2ccc([N+](=O)[O-])cc2)SC1=S. The minimum absolute atomic E-state index is 0.0389. The Bertz CT molecular complexity index is 679. The molecular formula is C15H14N2O3S2. The van der Waals surface area contributed by atoms with E-state index in [1.165, 1.54) is 23.9 Å². The zero-order valence-corrected chi connectivity index (χ0v) is 13.7. The Balaban J connectivity index is 2.10. The van der Waals surface area contributed by atoms with Gasteiger partial charge in [-0.2, -0.15) is 0 Å². The summed E-state index contributed by atoms with van der Waals surface area (Å²) in [6.45, 7) is 3.83. The zero-order valence-electron chi connectivity index (χ0n) is 12.1. The van der Waals surface area contributed by atoms with Gasteiger partial charge in [0.15, 0.2) is 0 Å². The lowest BCUT2D eigenvalue weighted by atomic mass is 10.2. The van der Waals surface area contributed by atoms with Gasteiger partial charge in [0.05, 0.1) is 9.83 Å². The van der Waals surface area contributed by atoms with Crippen LogP contribution in [0.2, 0.25) is 0 Å². The monoisotopic (exact) mass is 334 g/mol. The smallest absolute Gasteiger partial charge is 0.269 e. The van der Waals surface area contributed by atoms with Crippen molar-refractivity contribution < 1.29 is 9.72 Å². The van der Waals surface area contributed by atoms with Crippen molar-refractivity contribution in [3.63, 3.8) is 0 Å². The number of thioether (sulfide) groups is 1. The molecule has 1 fully saturated rings. The minimum atomic E-state index is -0.440. The molecule has 1 aliphatic rings. The van der Waals surface area contributed by atoms with E-state index >= 15 is 0 Å². The molecule has 0 atom stereocenters. The highest BCUT2D eigenvalue weighted by Crippen LogP contribution is 2.32. The number of carbonyl (C=O) groups excluding carboxylic acids is 1. The molecule has 1 heterocycles. The lowest BCUT2D eigenvalue weighted by Gasteiger charge is -2.18. The van der Waals surface area contributed by atoms with Gasteiger partial charge in [-0.1, -0.05) is 36.1 Å². The quantitative estimate of drug-likeness (QED) is 0.363. The van der Waals surface area contributed by atoms with Crippen molar-refractivity contribution in [1.82, 2.24) is 4.90 Å². The second-order valence-corrected chi connectivity index (χ2v) is 6.55. The molecule has 1 aromatic carbocycles. The van der Waals surface area contributed by atoms with Gasteiger partial charge in [0.2, 0.25) is 0 Å². The maximum Gasteiger partial charge on any atom is 0.269 e. The maximum atomic E-state index is 12.2. The predicted octanol–water partition coefficient (Wildman–Crippen LogP) is 3.76. The number of nitro groups is 1. The molecule has 0 spiro atoms. The van der Waals surface area contributed by atoms with Crippen molar-refractivity contribution in [2.75, 3.05) is 0 Å². The Hall–Kier alpha value is -1.99. The van der Waals surface area contributed by atoms with Crippen LogP contribution in [0, 0.1) is 10.1 Å². The van der Waals surface area contributed by atoms with Crippen LogP contribution in [0.15, 0.2) is 41.3 Å². The number of benzene rings is 1. The molecule has 0 bridgehead atoms. The van der Waals surface area contributed by atoms with E-state index in [4.69, 9.17) is 12.2 Å². The van der Waals surface area contributed by atoms with Crippen LogP contribution in [-0.2, 0) is 4.79 Å². The molecule has 0 aromatic heterocycles. The number of carbonyl (C=O) groups is 1. The number of amides is 1. The lowest BCUT2D eigenvalue weighted by molar-refractivity contribution is -0.384. The fourth-order valence-corrected chi connectivity index (χ4v) is 3.37. The Morgan fingerprint density at radius 2 is 1.95 bits per heavy atom. The summed E-state index contributed by atoms with van der Waals surface area (Å²) in [5, 5.41) is 10.6. The van der Waals surface area contributed by atoms with Crippen LogP contribution in [0.3, 0.4) is 0 Å². The van der Waals surface area contributed by atoms with E-state index in [1.807, 2.05) is 13.8 Å². The summed E-state index contributed by atoms with van der Waals surface area (Å²) in [6.07, 6.45) is 5.24. The molecule has 0 saturated carbocycles. The summed E-state index contributed by atoms with van der Waals surface area (Å²) in [5.74, 6) is -0.0849. The van der Waals surface area contributed by atoms with Gasteiger partial charge < -0.3 is 0 Å². The zero-order chi connectivity index (χ0) is 16.3. The second kappa shape index (κ2) is 6.85. The Morgan fingerprint density at radius 1 is 1.32 bits per heavy atom. The average Bonchev–Trinajstić information content (AvgIpc) is 2.74. The first kappa shape index (κ1) is 16.4. The fraction of sp³-hybridized carbons (Fsp3) is 0.200. The molecule has 1 amide bonds. The van der Waals surface area contributed by atoms with Crippen LogP contribution >= 0.6 is 24.0 Å². The highest BCUT2D eigenvalue weighted by molar-refractivity contribution is 8.26. The van der Waals surface area contributed by atoms with Crippen molar-refractivity contribution >= 4 is 46.0 Å². The van der Waals surface area contributed by atoms with Gasteiger partial charge in [-0.15, -0.1) is 0 Å². The second-order valence-electron chi connectivity index (χ2n) is 4.88. The highest BCUT2D eigenvalue weighted by Gasteiger charge is 2.33. The van der Waals surface area contributed by atoms with Crippen molar-refractivity contribution in [1.29, 1.82) is 0 Å². The highest BCUT2D eigenvalue weighted by atomic mass is 32.2. The molecule has 0 N–H and O–H groups in total. The summed E-state index contributed by atoms with van der Waals surface area (Å²) >= 11 is 6.47. The standard InChI is InChI=1S/C15H14N2O3S2/c1-10(2)16-14(18)13(22-15(16)21)5-3-4-11-6-8-12(9-7-11)17(19)20/h3-10H,1-2H3. The molecule has 0 unspecified atom stereocenters. The summed E-state index contributed by atoms with van der Waals surface area (Å²) in [4.78, 5) is 24.5. The number of hydrogen-bond donors (Lipinski definition) is 0. The molecule has 114 valence electrons. The van der Waals surface area contributed by atoms with Gasteiger partial charge in [0.1, 0.15) is 4.32 Å². The predicted molar refractivity (Wildman–Crippen MR) is 92.4 cm³/mol. The van der Waals surface area contributed by atoms with Crippen LogP contribution in [0.5, 0.6) is 0 Å². The number of rotatable bonds is 4. The molecule has 1 aromatic rings. The number of allylic oxidation sites excluding steroid dienone is 2. The first-order chi connectivity index (χ1) is 10.4. The number of thiocarbonyl (C=S) groups is 1. The van der Waals surface area contributed by atoms with E-state index in [0.29, 0.717) is 9.23 Å². The topological polar surface area (TPSA) is 63.5 Å². The van der Waals surface area contributed by atoms with Crippen molar-refractivity contribution in [2.24, 2.45) is 0 Å². The third-order valence-electron chi connectivity index (χ3n) is 2.98. The van der Waals surface area contributed by atoms with Gasteiger partial charge in [-0.3, -0.25) is 19.8 Å². The van der Waals surface area contributed by atoms with Crippen LogP contribution < -0.4 is 0 Å². The first-order valence-electron chi connectivity index (χ1n) is 6.58. The number of non-ortho nitro benzene ring substituents is 1. The van der Waals surface area contributed by atoms with Crippen LogP contribution in [-0.4, -0.2) is 26.1 Å². The number of hydrogen-bond acceptors (Lipinski definition) is 5. The molecule has 22 heavy (non-hydrogen) atoms. The Kier molecular flexibility index (Phi) is 5.10. The van der Waals surface area contributed by atoms with E-state index in [0.717, 1.165) is 5.56 Å². The molecule has 2 rings (SSSR count). The third-order valence-corrected chi connectivity index (χ3v) is 4.33. The van der Waals surface area contributed by atoms with Crippen molar-refractivity contribution in [3.8, 4) is 0 Å². The van der Waals surface area contributed by atoms with Gasteiger partial charge in [-0.05, 0) is 37.6 Å². The van der Waals surface area contributed by atoms with Gasteiger partial charge in [0.25, 0.3) is 11.6 Å². The Labute approximate surface area is 137 Å². The summed E-state index contributed by atoms with van der Waals surface area (Å²) < 4.78 is 0.565. The maximum absolute atomic E-state index is 12.2. The molecule has 5 nitrogen and oxygen atoms in total. The minimum Gasteiger partial charge on any atom is -0.290 e. The normalized spacial score (nSPS) is 17.2. The average molecular weight is 334 g/mol. The number of nitrogens with zero attached hydrogens (tertiary/aromatic N) is 2.